The van der Waals surface area contributed by atoms with Gasteiger partial charge in [0, 0.05) is 19.1 Å². The van der Waals surface area contributed by atoms with E-state index in [2.05, 4.69) is 20.3 Å². The summed E-state index contributed by atoms with van der Waals surface area (Å²) >= 11 is 1.59. The highest BCUT2D eigenvalue weighted by atomic mass is 32.1. The summed E-state index contributed by atoms with van der Waals surface area (Å²) in [6.45, 7) is 7.21. The van der Waals surface area contributed by atoms with Crippen LogP contribution in [0, 0.1) is 0 Å². The number of nitrogens with one attached hydrogen (secondary N) is 1. The number of morpholine rings is 1. The smallest absolute Gasteiger partial charge is 0.257 e. The average Bonchev–Trinajstić information content (AvgIpc) is 3.50. The number of thiophene rings is 1. The first kappa shape index (κ1) is 20.6. The predicted octanol–water partition coefficient (Wildman–Crippen LogP) is 4.22. The van der Waals surface area contributed by atoms with E-state index < -0.39 is 0 Å². The van der Waals surface area contributed by atoms with Crippen molar-refractivity contribution in [3.05, 3.63) is 53.7 Å². The zero-order valence-electron chi connectivity index (χ0n) is 18.0. The Kier molecular flexibility index (Phi) is 5.59. The number of nitrogens with zero attached hydrogens (tertiary/aromatic N) is 5. The molecule has 0 spiro atoms. The number of pyridine rings is 2. The van der Waals surface area contributed by atoms with E-state index in [1.54, 1.807) is 23.7 Å². The molecule has 8 nitrogen and oxygen atoms in total. The van der Waals surface area contributed by atoms with E-state index in [1.807, 2.05) is 54.2 Å². The molecule has 5 rings (SSSR count). The number of hydrogen-bond acceptors (Lipinski definition) is 7. The highest BCUT2D eigenvalue weighted by Crippen LogP contribution is 2.29. The van der Waals surface area contributed by atoms with Crippen molar-refractivity contribution in [3.63, 3.8) is 0 Å². The van der Waals surface area contributed by atoms with Gasteiger partial charge in [0.2, 0.25) is 0 Å². The Balaban J connectivity index is 1.46. The number of aromatic nitrogens is 4. The van der Waals surface area contributed by atoms with Gasteiger partial charge in [-0.25, -0.2) is 14.6 Å². The number of fused-ring (bicyclic) bond motifs is 1. The molecule has 0 aliphatic carbocycles. The highest BCUT2D eigenvalue weighted by Gasteiger charge is 2.19. The summed E-state index contributed by atoms with van der Waals surface area (Å²) in [5, 5.41) is 10.1. The molecule has 0 atom stereocenters. The minimum absolute atomic E-state index is 0.129. The normalized spacial score (nSPS) is 14.3. The number of amides is 1. The molecule has 5 heterocycles. The topological polar surface area (TPSA) is 85.2 Å². The van der Waals surface area contributed by atoms with Crippen molar-refractivity contribution < 1.29 is 9.53 Å². The second-order valence-corrected chi connectivity index (χ2v) is 8.86. The van der Waals surface area contributed by atoms with E-state index in [4.69, 9.17) is 9.72 Å². The minimum atomic E-state index is -0.231. The molecule has 0 bridgehead atoms. The van der Waals surface area contributed by atoms with Crippen LogP contribution >= 0.6 is 11.3 Å². The van der Waals surface area contributed by atoms with E-state index in [1.165, 1.54) is 0 Å². The first-order valence-electron chi connectivity index (χ1n) is 10.6. The zero-order valence-corrected chi connectivity index (χ0v) is 18.8. The van der Waals surface area contributed by atoms with E-state index in [-0.39, 0.29) is 11.9 Å². The SMILES string of the molecule is CC(C)n1ncc2c(C(=O)Nc3ccc(N4CCOCC4)cn3)cc(-c3cccs3)nc21. The fourth-order valence-electron chi connectivity index (χ4n) is 3.79. The Labute approximate surface area is 189 Å². The predicted molar refractivity (Wildman–Crippen MR) is 126 cm³/mol. The van der Waals surface area contributed by atoms with Gasteiger partial charge in [-0.2, -0.15) is 5.10 Å². The lowest BCUT2D eigenvalue weighted by Crippen LogP contribution is -2.36. The lowest BCUT2D eigenvalue weighted by molar-refractivity contribution is 0.102. The third kappa shape index (κ3) is 3.96. The second kappa shape index (κ2) is 8.68. The van der Waals surface area contributed by atoms with Crippen LogP contribution in [0.3, 0.4) is 0 Å². The summed E-state index contributed by atoms with van der Waals surface area (Å²) in [5.41, 5.74) is 3.02. The zero-order chi connectivity index (χ0) is 22.1. The van der Waals surface area contributed by atoms with Crippen LogP contribution in [0.25, 0.3) is 21.6 Å². The van der Waals surface area contributed by atoms with Gasteiger partial charge >= 0.3 is 0 Å². The van der Waals surface area contributed by atoms with Gasteiger partial charge in [0.05, 0.1) is 52.8 Å². The number of anilines is 2. The summed E-state index contributed by atoms with van der Waals surface area (Å²) in [7, 11) is 0. The maximum absolute atomic E-state index is 13.3. The average molecular weight is 449 g/mol. The maximum atomic E-state index is 13.3. The minimum Gasteiger partial charge on any atom is -0.378 e. The van der Waals surface area contributed by atoms with Crippen molar-refractivity contribution >= 4 is 39.8 Å². The lowest BCUT2D eigenvalue weighted by atomic mass is 10.1. The summed E-state index contributed by atoms with van der Waals surface area (Å²) in [5.74, 6) is 0.274. The number of carbonyl (C=O) groups is 1. The molecule has 1 aliphatic rings. The summed E-state index contributed by atoms with van der Waals surface area (Å²) in [6, 6.07) is 9.75. The number of rotatable bonds is 5. The molecule has 4 aromatic rings. The molecule has 32 heavy (non-hydrogen) atoms. The molecular formula is C23H24N6O2S. The Morgan fingerprint density at radius 2 is 2.03 bits per heavy atom. The second-order valence-electron chi connectivity index (χ2n) is 7.91. The van der Waals surface area contributed by atoms with Crippen LogP contribution in [0.4, 0.5) is 11.5 Å². The standard InChI is InChI=1S/C23H24N6O2S/c1-15(2)29-22-18(14-25-29)17(12-19(26-22)20-4-3-11-32-20)23(30)27-21-6-5-16(13-24-21)28-7-9-31-10-8-28/h3-6,11-15H,7-10H2,1-2H3,(H,24,27,30). The van der Waals surface area contributed by atoms with Gasteiger partial charge in [-0.15, -0.1) is 11.3 Å². The van der Waals surface area contributed by atoms with Crippen LogP contribution in [-0.2, 0) is 4.74 Å². The molecule has 0 unspecified atom stereocenters. The molecule has 1 aliphatic heterocycles. The van der Waals surface area contributed by atoms with Crippen molar-refractivity contribution in [2.24, 2.45) is 0 Å². The van der Waals surface area contributed by atoms with Crippen molar-refractivity contribution in [1.82, 2.24) is 19.7 Å². The molecular weight excluding hydrogens is 424 g/mol. The largest absolute Gasteiger partial charge is 0.378 e. The van der Waals surface area contributed by atoms with Gasteiger partial charge in [-0.1, -0.05) is 6.07 Å². The summed E-state index contributed by atoms with van der Waals surface area (Å²) in [6.07, 6.45) is 3.50. The monoisotopic (exact) mass is 448 g/mol. The molecule has 1 fully saturated rings. The molecule has 164 valence electrons. The Hall–Kier alpha value is -3.30. The van der Waals surface area contributed by atoms with Gasteiger partial charge in [-0.05, 0) is 43.5 Å². The maximum Gasteiger partial charge on any atom is 0.257 e. The third-order valence-electron chi connectivity index (χ3n) is 5.44. The third-order valence-corrected chi connectivity index (χ3v) is 6.33. The number of carbonyl (C=O) groups excluding carboxylic acids is 1. The van der Waals surface area contributed by atoms with Crippen LogP contribution in [0.15, 0.2) is 48.1 Å². The van der Waals surface area contributed by atoms with Crippen LogP contribution in [0.1, 0.15) is 30.2 Å². The molecule has 0 saturated carbocycles. The number of hydrogen-bond donors (Lipinski definition) is 1. The molecule has 1 saturated heterocycles. The van der Waals surface area contributed by atoms with Crippen molar-refractivity contribution in [3.8, 4) is 10.6 Å². The van der Waals surface area contributed by atoms with Gasteiger partial charge < -0.3 is 15.0 Å². The molecule has 9 heteroatoms. The fourth-order valence-corrected chi connectivity index (χ4v) is 4.47. The Morgan fingerprint density at radius 3 is 2.72 bits per heavy atom. The number of ether oxygens (including phenoxy) is 1. The van der Waals surface area contributed by atoms with Crippen LogP contribution < -0.4 is 10.2 Å². The Morgan fingerprint density at radius 1 is 1.19 bits per heavy atom. The van der Waals surface area contributed by atoms with Crippen LogP contribution in [-0.4, -0.2) is 52.0 Å². The van der Waals surface area contributed by atoms with Crippen molar-refractivity contribution in [1.29, 1.82) is 0 Å². The molecule has 1 N–H and O–H groups in total. The van der Waals surface area contributed by atoms with Crippen molar-refractivity contribution in [2.45, 2.75) is 19.9 Å². The van der Waals surface area contributed by atoms with Crippen molar-refractivity contribution in [2.75, 3.05) is 36.5 Å². The quantitative estimate of drug-likeness (QED) is 0.492. The first-order chi connectivity index (χ1) is 15.6. The van der Waals surface area contributed by atoms with Crippen LogP contribution in [0.2, 0.25) is 0 Å². The fraction of sp³-hybridized carbons (Fsp3) is 0.304. The lowest BCUT2D eigenvalue weighted by Gasteiger charge is -2.28. The van der Waals surface area contributed by atoms with Crippen LogP contribution in [0.5, 0.6) is 0 Å². The van der Waals surface area contributed by atoms with Gasteiger partial charge in [-0.3, -0.25) is 4.79 Å². The molecule has 0 radical (unpaired) electrons. The van der Waals surface area contributed by atoms with Gasteiger partial charge in [0.1, 0.15) is 5.82 Å². The first-order valence-corrected chi connectivity index (χ1v) is 11.5. The van der Waals surface area contributed by atoms with E-state index in [9.17, 15) is 4.79 Å². The Bertz CT molecular complexity index is 1230. The van der Waals surface area contributed by atoms with Gasteiger partial charge in [0.15, 0.2) is 5.65 Å². The highest BCUT2D eigenvalue weighted by molar-refractivity contribution is 7.13. The van der Waals surface area contributed by atoms with E-state index in [0.29, 0.717) is 30.2 Å². The summed E-state index contributed by atoms with van der Waals surface area (Å²) < 4.78 is 7.25. The van der Waals surface area contributed by atoms with E-state index >= 15 is 0 Å². The van der Waals surface area contributed by atoms with E-state index in [0.717, 1.165) is 34.7 Å². The molecule has 4 aromatic heterocycles. The van der Waals surface area contributed by atoms with Gasteiger partial charge in [0.25, 0.3) is 5.91 Å². The summed E-state index contributed by atoms with van der Waals surface area (Å²) in [4.78, 5) is 25.8. The molecule has 0 aromatic carbocycles. The molecule has 1 amide bonds.